The molecule has 4 heterocycles. The van der Waals surface area contributed by atoms with Gasteiger partial charge < -0.3 is 4.52 Å². The first kappa shape index (κ1) is 14.5. The molecule has 0 aromatic carbocycles. The number of piperazine rings is 3. The topological polar surface area (TPSA) is 69.2 Å². The standard InChI is InChI=1S/C15H23N5O/c1-3-15(2,4-5-16)10-13-17-14(18-21-13)12-11-19-6-8-20(12)9-7-19/h12H,3-4,6-11H2,1-2H3. The number of fused-ring (bicyclic) bond motifs is 3. The fourth-order valence-corrected chi connectivity index (χ4v) is 3.21. The minimum absolute atomic E-state index is 0.0755. The molecule has 4 rings (SSSR count). The van der Waals surface area contributed by atoms with Gasteiger partial charge in [-0.3, -0.25) is 9.80 Å². The number of hydrogen-bond donors (Lipinski definition) is 0. The fraction of sp³-hybridized carbons (Fsp3) is 0.800. The van der Waals surface area contributed by atoms with Crippen LogP contribution in [0.15, 0.2) is 4.52 Å². The summed E-state index contributed by atoms with van der Waals surface area (Å²) in [4.78, 5) is 9.52. The van der Waals surface area contributed by atoms with Crippen LogP contribution in [0.25, 0.3) is 0 Å². The molecule has 2 unspecified atom stereocenters. The minimum atomic E-state index is -0.0755. The molecule has 0 N–H and O–H groups in total. The van der Waals surface area contributed by atoms with E-state index in [1.54, 1.807) is 0 Å². The van der Waals surface area contributed by atoms with Gasteiger partial charge >= 0.3 is 0 Å². The van der Waals surface area contributed by atoms with Gasteiger partial charge in [-0.15, -0.1) is 0 Å². The molecule has 2 atom stereocenters. The lowest BCUT2D eigenvalue weighted by Crippen LogP contribution is -2.57. The second-order valence-electron chi connectivity index (χ2n) is 6.57. The van der Waals surface area contributed by atoms with Crippen LogP contribution < -0.4 is 0 Å². The second kappa shape index (κ2) is 5.74. The molecule has 6 heteroatoms. The Hall–Kier alpha value is -1.45. The molecule has 3 saturated heterocycles. The van der Waals surface area contributed by atoms with Gasteiger partial charge in [0, 0.05) is 45.6 Å². The maximum absolute atomic E-state index is 8.96. The molecule has 0 radical (unpaired) electrons. The summed E-state index contributed by atoms with van der Waals surface area (Å²) in [6.45, 7) is 9.70. The van der Waals surface area contributed by atoms with Gasteiger partial charge in [0.2, 0.25) is 5.89 Å². The first-order valence-electron chi connectivity index (χ1n) is 7.79. The molecule has 1 aromatic rings. The molecule has 0 spiro atoms. The minimum Gasteiger partial charge on any atom is -0.339 e. The number of aromatic nitrogens is 2. The zero-order chi connectivity index (χ0) is 14.9. The lowest BCUT2D eigenvalue weighted by atomic mass is 9.81. The number of hydrogen-bond acceptors (Lipinski definition) is 6. The summed E-state index contributed by atoms with van der Waals surface area (Å²) >= 11 is 0. The van der Waals surface area contributed by atoms with E-state index in [1.807, 2.05) is 0 Å². The van der Waals surface area contributed by atoms with Crippen molar-refractivity contribution in [1.29, 1.82) is 5.26 Å². The summed E-state index contributed by atoms with van der Waals surface area (Å²) < 4.78 is 5.45. The number of rotatable bonds is 5. The lowest BCUT2D eigenvalue weighted by molar-refractivity contribution is 0.00781. The Bertz CT molecular complexity index is 528. The molecule has 114 valence electrons. The first-order valence-corrected chi connectivity index (χ1v) is 7.79. The summed E-state index contributed by atoms with van der Waals surface area (Å²) in [6.07, 6.45) is 2.13. The van der Waals surface area contributed by atoms with Crippen molar-refractivity contribution in [1.82, 2.24) is 19.9 Å². The Kier molecular flexibility index (Phi) is 3.96. The molecular formula is C15H23N5O. The number of nitriles is 1. The van der Waals surface area contributed by atoms with E-state index in [4.69, 9.17) is 9.78 Å². The zero-order valence-electron chi connectivity index (χ0n) is 12.9. The van der Waals surface area contributed by atoms with Gasteiger partial charge in [-0.05, 0) is 11.8 Å². The van der Waals surface area contributed by atoms with Crippen molar-refractivity contribution in [2.24, 2.45) is 5.41 Å². The molecule has 0 saturated carbocycles. The summed E-state index contributed by atoms with van der Waals surface area (Å²) in [5, 5.41) is 13.2. The highest BCUT2D eigenvalue weighted by molar-refractivity contribution is 5.03. The van der Waals surface area contributed by atoms with Crippen molar-refractivity contribution in [2.45, 2.75) is 39.2 Å². The van der Waals surface area contributed by atoms with Crippen molar-refractivity contribution in [3.8, 4) is 6.07 Å². The predicted molar refractivity (Wildman–Crippen MR) is 77.4 cm³/mol. The summed E-state index contributed by atoms with van der Waals surface area (Å²) in [7, 11) is 0. The molecule has 3 aliphatic heterocycles. The van der Waals surface area contributed by atoms with Crippen molar-refractivity contribution in [3.05, 3.63) is 11.7 Å². The van der Waals surface area contributed by atoms with Crippen molar-refractivity contribution >= 4 is 0 Å². The average Bonchev–Trinajstić information content (AvgIpc) is 2.97. The smallest absolute Gasteiger partial charge is 0.227 e. The van der Waals surface area contributed by atoms with Gasteiger partial charge in [0.05, 0.1) is 12.1 Å². The van der Waals surface area contributed by atoms with Crippen molar-refractivity contribution in [3.63, 3.8) is 0 Å². The van der Waals surface area contributed by atoms with E-state index in [2.05, 4.69) is 39.9 Å². The van der Waals surface area contributed by atoms with Crippen molar-refractivity contribution in [2.75, 3.05) is 32.7 Å². The highest BCUT2D eigenvalue weighted by Crippen LogP contribution is 2.31. The van der Waals surface area contributed by atoms with Crippen LogP contribution in [0.2, 0.25) is 0 Å². The zero-order valence-corrected chi connectivity index (χ0v) is 12.9. The summed E-state index contributed by atoms with van der Waals surface area (Å²) in [5.74, 6) is 1.48. The molecular weight excluding hydrogens is 266 g/mol. The molecule has 6 nitrogen and oxygen atoms in total. The Morgan fingerprint density at radius 1 is 1.38 bits per heavy atom. The summed E-state index contributed by atoms with van der Waals surface area (Å²) in [5.41, 5.74) is -0.0755. The van der Waals surface area contributed by atoms with Gasteiger partial charge in [-0.25, -0.2) is 0 Å². The predicted octanol–water partition coefficient (Wildman–Crippen LogP) is 1.61. The van der Waals surface area contributed by atoms with E-state index >= 15 is 0 Å². The largest absolute Gasteiger partial charge is 0.339 e. The SMILES string of the molecule is CCC(C)(CC#N)Cc1nc(C2CN3CCN2CC3)no1. The Morgan fingerprint density at radius 3 is 2.71 bits per heavy atom. The molecule has 3 fully saturated rings. The quantitative estimate of drug-likeness (QED) is 0.820. The highest BCUT2D eigenvalue weighted by atomic mass is 16.5. The van der Waals surface area contributed by atoms with Crippen LogP contribution in [0.4, 0.5) is 0 Å². The normalized spacial score (nSPS) is 30.8. The van der Waals surface area contributed by atoms with E-state index in [9.17, 15) is 0 Å². The average molecular weight is 289 g/mol. The van der Waals surface area contributed by atoms with Crippen LogP contribution in [0.3, 0.4) is 0 Å². The van der Waals surface area contributed by atoms with E-state index in [0.717, 1.165) is 45.0 Å². The van der Waals surface area contributed by atoms with Crippen LogP contribution in [0.1, 0.15) is 44.4 Å². The maximum atomic E-state index is 8.96. The Balaban J connectivity index is 1.70. The molecule has 0 aliphatic carbocycles. The van der Waals surface area contributed by atoms with Crippen LogP contribution >= 0.6 is 0 Å². The van der Waals surface area contributed by atoms with Gasteiger partial charge in [0.15, 0.2) is 5.82 Å². The molecule has 2 bridgehead atoms. The molecule has 1 aromatic heterocycles. The monoisotopic (exact) mass is 289 g/mol. The maximum Gasteiger partial charge on any atom is 0.227 e. The Morgan fingerprint density at radius 2 is 2.14 bits per heavy atom. The lowest BCUT2D eigenvalue weighted by Gasteiger charge is -2.46. The van der Waals surface area contributed by atoms with Gasteiger partial charge in [-0.1, -0.05) is 19.0 Å². The number of nitrogens with zero attached hydrogens (tertiary/aromatic N) is 5. The highest BCUT2D eigenvalue weighted by Gasteiger charge is 2.36. The van der Waals surface area contributed by atoms with Crippen LogP contribution in [-0.4, -0.2) is 52.7 Å². The van der Waals surface area contributed by atoms with Gasteiger partial charge in [0.1, 0.15) is 0 Å². The van der Waals surface area contributed by atoms with Gasteiger partial charge in [0.25, 0.3) is 0 Å². The third-order valence-electron chi connectivity index (χ3n) is 5.00. The summed E-state index contributed by atoms with van der Waals surface area (Å²) in [6, 6.07) is 2.54. The molecule has 21 heavy (non-hydrogen) atoms. The molecule has 0 amide bonds. The third kappa shape index (κ3) is 2.94. The third-order valence-corrected chi connectivity index (χ3v) is 5.00. The second-order valence-corrected chi connectivity index (χ2v) is 6.57. The van der Waals surface area contributed by atoms with E-state index in [-0.39, 0.29) is 11.5 Å². The first-order chi connectivity index (χ1) is 10.1. The van der Waals surface area contributed by atoms with E-state index in [1.165, 1.54) is 0 Å². The Labute approximate surface area is 125 Å². The van der Waals surface area contributed by atoms with Crippen LogP contribution in [0, 0.1) is 16.7 Å². The van der Waals surface area contributed by atoms with Crippen LogP contribution in [-0.2, 0) is 6.42 Å². The van der Waals surface area contributed by atoms with Crippen molar-refractivity contribution < 1.29 is 4.52 Å². The van der Waals surface area contributed by atoms with Gasteiger partial charge in [-0.2, -0.15) is 10.2 Å². The van der Waals surface area contributed by atoms with Crippen LogP contribution in [0.5, 0.6) is 0 Å². The van der Waals surface area contributed by atoms with E-state index in [0.29, 0.717) is 18.7 Å². The van der Waals surface area contributed by atoms with E-state index < -0.39 is 0 Å². The fourth-order valence-electron chi connectivity index (χ4n) is 3.21. The molecule has 3 aliphatic rings.